The summed E-state index contributed by atoms with van der Waals surface area (Å²) in [6, 6.07) is 9.96. The van der Waals surface area contributed by atoms with Gasteiger partial charge in [0.25, 0.3) is 5.91 Å². The summed E-state index contributed by atoms with van der Waals surface area (Å²) < 4.78 is 35.0. The number of carbonyl (C=O) groups is 2. The molecule has 0 bridgehead atoms. The standard InChI is InChI=1S/C24H26ClN3O5S2/c1-15-11-20-21(12-16(15)2)34-24(28(20)14-22(29)33-3)26-23(30)17-5-4-10-27(13-17)35(31,32)19-8-6-18(25)7-9-19/h6-9,11-12,17H,4-5,10,13-14H2,1-3H3. The molecule has 8 nitrogen and oxygen atoms in total. The molecule has 0 spiro atoms. The fraction of sp³-hybridized carbons (Fsp3) is 0.375. The second kappa shape index (κ2) is 10.2. The van der Waals surface area contributed by atoms with E-state index in [-0.39, 0.29) is 18.0 Å². The molecule has 35 heavy (non-hydrogen) atoms. The first kappa shape index (κ1) is 25.6. The molecule has 1 aliphatic heterocycles. The largest absolute Gasteiger partial charge is 0.468 e. The molecule has 0 radical (unpaired) electrons. The van der Waals surface area contributed by atoms with E-state index in [1.54, 1.807) is 4.57 Å². The second-order valence-corrected chi connectivity index (χ2v) is 11.9. The molecular formula is C24H26ClN3O5S2. The maximum atomic E-state index is 13.2. The normalized spacial score (nSPS) is 17.6. The smallest absolute Gasteiger partial charge is 0.325 e. The first-order valence-electron chi connectivity index (χ1n) is 11.1. The highest BCUT2D eigenvalue weighted by atomic mass is 35.5. The lowest BCUT2D eigenvalue weighted by atomic mass is 9.99. The van der Waals surface area contributed by atoms with Gasteiger partial charge in [0.05, 0.1) is 28.1 Å². The number of amides is 1. The molecule has 0 aliphatic carbocycles. The van der Waals surface area contributed by atoms with E-state index in [0.717, 1.165) is 21.3 Å². The monoisotopic (exact) mass is 535 g/mol. The van der Waals surface area contributed by atoms with E-state index in [4.69, 9.17) is 16.3 Å². The average Bonchev–Trinajstić information content (AvgIpc) is 3.15. The fourth-order valence-corrected chi connectivity index (χ4v) is 6.82. The number of rotatable bonds is 5. The summed E-state index contributed by atoms with van der Waals surface area (Å²) in [5, 5.41) is 0.448. The van der Waals surface area contributed by atoms with Gasteiger partial charge < -0.3 is 9.30 Å². The third kappa shape index (κ3) is 5.35. The number of fused-ring (bicyclic) bond motifs is 1. The number of esters is 1. The topological polar surface area (TPSA) is 98.0 Å². The van der Waals surface area contributed by atoms with Gasteiger partial charge in [-0.2, -0.15) is 9.30 Å². The van der Waals surface area contributed by atoms with E-state index in [0.29, 0.717) is 29.2 Å². The summed E-state index contributed by atoms with van der Waals surface area (Å²) in [5.41, 5.74) is 2.95. The van der Waals surface area contributed by atoms with Gasteiger partial charge in [0.1, 0.15) is 6.54 Å². The number of carbonyl (C=O) groups excluding carboxylic acids is 2. The zero-order chi connectivity index (χ0) is 25.3. The SMILES string of the molecule is COC(=O)Cn1c(=NC(=O)C2CCCN(S(=O)(=O)c3ccc(Cl)cc3)C2)sc2cc(C)c(C)cc21. The number of aryl methyl sites for hydroxylation is 2. The van der Waals surface area contributed by atoms with Crippen LogP contribution in [-0.2, 0) is 30.9 Å². The quantitative estimate of drug-likeness (QED) is 0.464. The van der Waals surface area contributed by atoms with Gasteiger partial charge in [-0.15, -0.1) is 0 Å². The zero-order valence-electron chi connectivity index (χ0n) is 19.7. The van der Waals surface area contributed by atoms with Crippen LogP contribution < -0.4 is 4.80 Å². The molecule has 4 rings (SSSR count). The van der Waals surface area contributed by atoms with Crippen LogP contribution >= 0.6 is 22.9 Å². The zero-order valence-corrected chi connectivity index (χ0v) is 22.0. The summed E-state index contributed by atoms with van der Waals surface area (Å²) in [6.45, 7) is 4.28. The molecule has 1 fully saturated rings. The van der Waals surface area contributed by atoms with Crippen molar-refractivity contribution in [2.75, 3.05) is 20.2 Å². The Morgan fingerprint density at radius 2 is 1.86 bits per heavy atom. The molecule has 0 N–H and O–H groups in total. The molecule has 2 heterocycles. The van der Waals surface area contributed by atoms with Crippen LogP contribution in [0.3, 0.4) is 0 Å². The fourth-order valence-electron chi connectivity index (χ4n) is 4.06. The predicted molar refractivity (Wildman–Crippen MR) is 135 cm³/mol. The minimum atomic E-state index is -3.76. The van der Waals surface area contributed by atoms with Crippen LogP contribution in [0.5, 0.6) is 0 Å². The highest BCUT2D eigenvalue weighted by Gasteiger charge is 2.33. The highest BCUT2D eigenvalue weighted by Crippen LogP contribution is 2.26. The number of nitrogens with zero attached hydrogens (tertiary/aromatic N) is 3. The molecule has 11 heteroatoms. The number of benzene rings is 2. The van der Waals surface area contributed by atoms with Crippen molar-refractivity contribution < 1.29 is 22.7 Å². The number of aromatic nitrogens is 1. The number of hydrogen-bond acceptors (Lipinski definition) is 6. The first-order chi connectivity index (χ1) is 16.6. The Labute approximate surface area is 212 Å². The number of sulfonamides is 1. The predicted octanol–water partition coefficient (Wildman–Crippen LogP) is 3.67. The van der Waals surface area contributed by atoms with Crippen LogP contribution in [0.25, 0.3) is 10.2 Å². The Kier molecular flexibility index (Phi) is 7.46. The molecule has 1 saturated heterocycles. The van der Waals surface area contributed by atoms with Crippen molar-refractivity contribution >= 4 is 55.1 Å². The molecule has 1 amide bonds. The number of thiazole rings is 1. The van der Waals surface area contributed by atoms with Crippen LogP contribution in [-0.4, -0.2) is 49.4 Å². The van der Waals surface area contributed by atoms with E-state index < -0.39 is 27.8 Å². The van der Waals surface area contributed by atoms with Crippen molar-refractivity contribution in [3.05, 3.63) is 57.3 Å². The van der Waals surface area contributed by atoms with Crippen molar-refractivity contribution in [2.24, 2.45) is 10.9 Å². The van der Waals surface area contributed by atoms with E-state index >= 15 is 0 Å². The van der Waals surface area contributed by atoms with Crippen molar-refractivity contribution in [3.63, 3.8) is 0 Å². The average molecular weight is 536 g/mol. The summed E-state index contributed by atoms with van der Waals surface area (Å²) in [7, 11) is -2.45. The lowest BCUT2D eigenvalue weighted by Crippen LogP contribution is -2.42. The molecule has 0 saturated carbocycles. The Bertz CT molecular complexity index is 1460. The third-order valence-corrected chi connectivity index (χ3v) is 9.38. The van der Waals surface area contributed by atoms with E-state index in [1.807, 2.05) is 26.0 Å². The number of methoxy groups -OCH3 is 1. The van der Waals surface area contributed by atoms with Gasteiger partial charge in [-0.1, -0.05) is 22.9 Å². The van der Waals surface area contributed by atoms with E-state index in [9.17, 15) is 18.0 Å². The number of piperidine rings is 1. The second-order valence-electron chi connectivity index (χ2n) is 8.56. The summed E-state index contributed by atoms with van der Waals surface area (Å²) in [5.74, 6) is -1.43. The first-order valence-corrected chi connectivity index (χ1v) is 13.8. The van der Waals surface area contributed by atoms with Crippen LogP contribution in [0.1, 0.15) is 24.0 Å². The number of halogens is 1. The van der Waals surface area contributed by atoms with Crippen molar-refractivity contribution in [2.45, 2.75) is 38.1 Å². The minimum Gasteiger partial charge on any atom is -0.468 e. The highest BCUT2D eigenvalue weighted by molar-refractivity contribution is 7.89. The molecule has 1 aliphatic rings. The summed E-state index contributed by atoms with van der Waals surface area (Å²) >= 11 is 7.21. The molecular weight excluding hydrogens is 510 g/mol. The molecule has 186 valence electrons. The molecule has 3 aromatic rings. The Balaban J connectivity index is 1.66. The van der Waals surface area contributed by atoms with Gasteiger partial charge in [-0.05, 0) is 74.2 Å². The molecule has 1 aromatic heterocycles. The van der Waals surface area contributed by atoms with Gasteiger partial charge in [0, 0.05) is 18.1 Å². The maximum absolute atomic E-state index is 13.2. The van der Waals surface area contributed by atoms with E-state index in [2.05, 4.69) is 4.99 Å². The lowest BCUT2D eigenvalue weighted by molar-refractivity contribution is -0.141. The van der Waals surface area contributed by atoms with Gasteiger partial charge in [0.15, 0.2) is 4.80 Å². The maximum Gasteiger partial charge on any atom is 0.325 e. The Hall–Kier alpha value is -2.53. The van der Waals surface area contributed by atoms with E-state index in [1.165, 1.54) is 47.0 Å². The van der Waals surface area contributed by atoms with Gasteiger partial charge in [-0.3, -0.25) is 9.59 Å². The van der Waals surface area contributed by atoms with Crippen LogP contribution in [0.2, 0.25) is 5.02 Å². The lowest BCUT2D eigenvalue weighted by Gasteiger charge is -2.30. The van der Waals surface area contributed by atoms with Gasteiger partial charge in [0.2, 0.25) is 10.0 Å². The van der Waals surface area contributed by atoms with Crippen molar-refractivity contribution in [1.29, 1.82) is 0 Å². The van der Waals surface area contributed by atoms with Gasteiger partial charge in [-0.25, -0.2) is 8.42 Å². The summed E-state index contributed by atoms with van der Waals surface area (Å²) in [6.07, 6.45) is 1.08. The van der Waals surface area contributed by atoms with Gasteiger partial charge >= 0.3 is 5.97 Å². The Morgan fingerprint density at radius 1 is 1.17 bits per heavy atom. The molecule has 1 unspecified atom stereocenters. The number of hydrogen-bond donors (Lipinski definition) is 0. The van der Waals surface area contributed by atoms with Crippen LogP contribution in [0.15, 0.2) is 46.3 Å². The van der Waals surface area contributed by atoms with Crippen molar-refractivity contribution in [3.8, 4) is 0 Å². The number of ether oxygens (including phenoxy) is 1. The molecule has 1 atom stereocenters. The Morgan fingerprint density at radius 3 is 2.54 bits per heavy atom. The molecule has 2 aromatic carbocycles. The van der Waals surface area contributed by atoms with Crippen molar-refractivity contribution in [1.82, 2.24) is 8.87 Å². The van der Waals surface area contributed by atoms with Crippen LogP contribution in [0, 0.1) is 19.8 Å². The minimum absolute atomic E-state index is 0.0490. The third-order valence-electron chi connectivity index (χ3n) is 6.20. The summed E-state index contributed by atoms with van der Waals surface area (Å²) in [4.78, 5) is 30.2. The van der Waals surface area contributed by atoms with Crippen LogP contribution in [0.4, 0.5) is 0 Å².